The summed E-state index contributed by atoms with van der Waals surface area (Å²) in [7, 11) is 0. The number of rotatable bonds is 4. The smallest absolute Gasteiger partial charge is 0.274 e. The Hall–Kier alpha value is -2.59. The molecule has 0 amide bonds. The van der Waals surface area contributed by atoms with Gasteiger partial charge in [-0.25, -0.2) is 0 Å². The SMILES string of the molecule is CC(C)(Oc1ccc(Cl)cc1)C(=O)n1cc(C=O)c2ccccc21. The zero-order chi connectivity index (χ0) is 17.3. The molecule has 122 valence electrons. The van der Waals surface area contributed by atoms with Gasteiger partial charge in [0.15, 0.2) is 11.9 Å². The Balaban J connectivity index is 1.98. The molecule has 0 fully saturated rings. The Morgan fingerprint density at radius 2 is 1.79 bits per heavy atom. The highest BCUT2D eigenvalue weighted by atomic mass is 35.5. The third-order valence-corrected chi connectivity index (χ3v) is 4.04. The minimum Gasteiger partial charge on any atom is -0.478 e. The van der Waals surface area contributed by atoms with Crippen LogP contribution in [0.25, 0.3) is 10.9 Å². The molecule has 0 N–H and O–H groups in total. The van der Waals surface area contributed by atoms with Gasteiger partial charge in [0.1, 0.15) is 5.75 Å². The van der Waals surface area contributed by atoms with E-state index in [9.17, 15) is 9.59 Å². The van der Waals surface area contributed by atoms with Gasteiger partial charge in [-0.3, -0.25) is 14.2 Å². The second-order valence-corrected chi connectivity index (χ2v) is 6.40. The molecule has 0 saturated heterocycles. The lowest BCUT2D eigenvalue weighted by Crippen LogP contribution is -2.41. The predicted molar refractivity (Wildman–Crippen MR) is 94.1 cm³/mol. The number of aldehydes is 1. The average Bonchev–Trinajstić information content (AvgIpc) is 2.95. The topological polar surface area (TPSA) is 48.3 Å². The zero-order valence-electron chi connectivity index (χ0n) is 13.3. The molecular weight excluding hydrogens is 326 g/mol. The van der Waals surface area contributed by atoms with Crippen molar-refractivity contribution >= 4 is 34.7 Å². The Bertz CT molecular complexity index is 910. The maximum Gasteiger partial charge on any atom is 0.274 e. The molecular formula is C19H16ClNO3. The molecule has 0 saturated carbocycles. The number of aromatic nitrogens is 1. The lowest BCUT2D eigenvalue weighted by Gasteiger charge is -2.25. The molecule has 0 bridgehead atoms. The van der Waals surface area contributed by atoms with Crippen molar-refractivity contribution in [1.29, 1.82) is 0 Å². The van der Waals surface area contributed by atoms with E-state index in [2.05, 4.69) is 0 Å². The first kappa shape index (κ1) is 16.3. The van der Waals surface area contributed by atoms with Crippen LogP contribution in [0.1, 0.15) is 29.0 Å². The van der Waals surface area contributed by atoms with E-state index < -0.39 is 5.60 Å². The first-order valence-corrected chi connectivity index (χ1v) is 7.85. The second-order valence-electron chi connectivity index (χ2n) is 5.96. The molecule has 5 heteroatoms. The number of ether oxygens (including phenoxy) is 1. The van der Waals surface area contributed by atoms with Crippen LogP contribution in [0.15, 0.2) is 54.7 Å². The molecule has 0 aliphatic rings. The lowest BCUT2D eigenvalue weighted by molar-refractivity contribution is 0.0494. The Morgan fingerprint density at radius 1 is 1.12 bits per heavy atom. The number of benzene rings is 2. The maximum absolute atomic E-state index is 13.0. The summed E-state index contributed by atoms with van der Waals surface area (Å²) in [6.45, 7) is 3.39. The summed E-state index contributed by atoms with van der Waals surface area (Å²) in [5.41, 5.74) is 0.0362. The van der Waals surface area contributed by atoms with E-state index in [0.717, 1.165) is 11.7 Å². The van der Waals surface area contributed by atoms with Crippen molar-refractivity contribution in [2.45, 2.75) is 19.4 Å². The van der Waals surface area contributed by atoms with Crippen LogP contribution >= 0.6 is 11.6 Å². The number of hydrogen-bond acceptors (Lipinski definition) is 3. The second kappa shape index (κ2) is 6.13. The highest BCUT2D eigenvalue weighted by Gasteiger charge is 2.32. The first-order valence-electron chi connectivity index (χ1n) is 7.47. The lowest BCUT2D eigenvalue weighted by atomic mass is 10.1. The van der Waals surface area contributed by atoms with Crippen molar-refractivity contribution in [1.82, 2.24) is 4.57 Å². The average molecular weight is 342 g/mol. The van der Waals surface area contributed by atoms with Gasteiger partial charge in [0.2, 0.25) is 0 Å². The molecule has 0 spiro atoms. The van der Waals surface area contributed by atoms with Crippen LogP contribution in [0, 0.1) is 0 Å². The summed E-state index contributed by atoms with van der Waals surface area (Å²) >= 11 is 5.87. The Kier molecular flexibility index (Phi) is 4.16. The highest BCUT2D eigenvalue weighted by Crippen LogP contribution is 2.25. The largest absolute Gasteiger partial charge is 0.478 e. The van der Waals surface area contributed by atoms with Gasteiger partial charge in [0.25, 0.3) is 5.91 Å². The highest BCUT2D eigenvalue weighted by molar-refractivity contribution is 6.30. The van der Waals surface area contributed by atoms with Gasteiger partial charge >= 0.3 is 0 Å². The van der Waals surface area contributed by atoms with Gasteiger partial charge in [-0.05, 0) is 44.2 Å². The van der Waals surface area contributed by atoms with Gasteiger partial charge in [-0.1, -0.05) is 29.8 Å². The third-order valence-electron chi connectivity index (χ3n) is 3.79. The number of carbonyl (C=O) groups excluding carboxylic acids is 2. The quantitative estimate of drug-likeness (QED) is 0.651. The fourth-order valence-corrected chi connectivity index (χ4v) is 2.72. The molecule has 3 aromatic rings. The summed E-state index contributed by atoms with van der Waals surface area (Å²) in [6, 6.07) is 14.1. The monoisotopic (exact) mass is 341 g/mol. The van der Waals surface area contributed by atoms with Crippen molar-refractivity contribution < 1.29 is 14.3 Å². The minimum atomic E-state index is -1.12. The van der Waals surface area contributed by atoms with Crippen molar-refractivity contribution in [2.75, 3.05) is 0 Å². The molecule has 0 radical (unpaired) electrons. The fraction of sp³-hybridized carbons (Fsp3) is 0.158. The van der Waals surface area contributed by atoms with Crippen LogP contribution in [0.5, 0.6) is 5.75 Å². The summed E-state index contributed by atoms with van der Waals surface area (Å²) in [5.74, 6) is 0.284. The molecule has 3 rings (SSSR count). The number of halogens is 1. The third kappa shape index (κ3) is 2.93. The van der Waals surface area contributed by atoms with E-state index in [1.165, 1.54) is 4.57 Å². The van der Waals surface area contributed by atoms with Crippen LogP contribution in [0.3, 0.4) is 0 Å². The van der Waals surface area contributed by atoms with Crippen molar-refractivity contribution in [3.63, 3.8) is 0 Å². The van der Waals surface area contributed by atoms with Gasteiger partial charge in [0, 0.05) is 22.2 Å². The van der Waals surface area contributed by atoms with Gasteiger partial charge in [-0.15, -0.1) is 0 Å². The number of hydrogen-bond donors (Lipinski definition) is 0. The molecule has 1 heterocycles. The standard InChI is InChI=1S/C19H16ClNO3/c1-19(2,24-15-9-7-14(20)8-10-15)18(23)21-11-13(12-22)16-5-3-4-6-17(16)21/h3-12H,1-2H3. The van der Waals surface area contributed by atoms with E-state index in [1.807, 2.05) is 18.2 Å². The van der Waals surface area contributed by atoms with Crippen LogP contribution < -0.4 is 4.74 Å². The Morgan fingerprint density at radius 3 is 2.46 bits per heavy atom. The van der Waals surface area contributed by atoms with Crippen LogP contribution in [0.4, 0.5) is 0 Å². The van der Waals surface area contributed by atoms with E-state index in [0.29, 0.717) is 21.9 Å². The van der Waals surface area contributed by atoms with Crippen LogP contribution in [-0.4, -0.2) is 22.4 Å². The Labute approximate surface area is 144 Å². The number of para-hydroxylation sites is 1. The molecule has 0 aliphatic heterocycles. The minimum absolute atomic E-state index is 0.262. The predicted octanol–water partition coefficient (Wildman–Crippen LogP) is 4.61. The van der Waals surface area contributed by atoms with Gasteiger partial charge < -0.3 is 4.74 Å². The number of fused-ring (bicyclic) bond motifs is 1. The first-order chi connectivity index (χ1) is 11.4. The number of nitrogens with zero attached hydrogens (tertiary/aromatic N) is 1. The molecule has 0 unspecified atom stereocenters. The fourth-order valence-electron chi connectivity index (χ4n) is 2.60. The van der Waals surface area contributed by atoms with Gasteiger partial charge in [0.05, 0.1) is 5.52 Å². The van der Waals surface area contributed by atoms with Crippen molar-refractivity contribution in [3.8, 4) is 5.75 Å². The summed E-state index contributed by atoms with van der Waals surface area (Å²) in [5, 5.41) is 1.33. The van der Waals surface area contributed by atoms with Gasteiger partial charge in [-0.2, -0.15) is 0 Å². The molecule has 4 nitrogen and oxygen atoms in total. The van der Waals surface area contributed by atoms with E-state index >= 15 is 0 Å². The van der Waals surface area contributed by atoms with Crippen LogP contribution in [-0.2, 0) is 0 Å². The summed E-state index contributed by atoms with van der Waals surface area (Å²) in [6.07, 6.45) is 2.30. The zero-order valence-corrected chi connectivity index (χ0v) is 14.1. The normalized spacial score (nSPS) is 11.5. The summed E-state index contributed by atoms with van der Waals surface area (Å²) in [4.78, 5) is 24.2. The maximum atomic E-state index is 13.0. The molecule has 1 aromatic heterocycles. The van der Waals surface area contributed by atoms with E-state index in [4.69, 9.17) is 16.3 Å². The molecule has 24 heavy (non-hydrogen) atoms. The van der Waals surface area contributed by atoms with Crippen molar-refractivity contribution in [2.24, 2.45) is 0 Å². The number of carbonyl (C=O) groups is 2. The molecule has 2 aromatic carbocycles. The van der Waals surface area contributed by atoms with Crippen molar-refractivity contribution in [3.05, 3.63) is 65.3 Å². The van der Waals surface area contributed by atoms with Crippen LogP contribution in [0.2, 0.25) is 5.02 Å². The molecule has 0 atom stereocenters. The van der Waals surface area contributed by atoms with E-state index in [-0.39, 0.29) is 5.91 Å². The summed E-state index contributed by atoms with van der Waals surface area (Å²) < 4.78 is 7.31. The molecule has 0 aliphatic carbocycles. The van der Waals surface area contributed by atoms with E-state index in [1.54, 1.807) is 50.4 Å².